The molecule has 0 spiro atoms. The second-order valence-corrected chi connectivity index (χ2v) is 9.61. The molecule has 0 amide bonds. The average molecular weight is 601 g/mol. The minimum atomic E-state index is -1.32. The molecule has 0 N–H and O–H groups in total. The molecule has 1 aliphatic heterocycles. The first-order valence-electron chi connectivity index (χ1n) is 13.3. The van der Waals surface area contributed by atoms with Crippen molar-refractivity contribution in [3.8, 4) is 11.4 Å². The summed E-state index contributed by atoms with van der Waals surface area (Å²) in [5.41, 5.74) is 2.16. The summed E-state index contributed by atoms with van der Waals surface area (Å²) < 4.78 is 35.9. The zero-order valence-corrected chi connectivity index (χ0v) is 24.2. The van der Waals surface area contributed by atoms with Gasteiger partial charge in [0.15, 0.2) is 24.5 Å². The molecule has 2 aromatic heterocycles. The van der Waals surface area contributed by atoms with Crippen LogP contribution in [0.15, 0.2) is 36.7 Å². The van der Waals surface area contributed by atoms with Crippen LogP contribution in [-0.4, -0.2) is 92.0 Å². The molecule has 0 bridgehead atoms. The van der Waals surface area contributed by atoms with Crippen molar-refractivity contribution < 1.29 is 47.6 Å². The third-order valence-electron chi connectivity index (χ3n) is 6.36. The molecule has 0 aliphatic carbocycles. The maximum Gasteiger partial charge on any atom is 0.303 e. The number of benzene rings is 1. The number of aryl methyl sites for hydroxylation is 2. The molecule has 1 fully saturated rings. The van der Waals surface area contributed by atoms with Gasteiger partial charge in [-0.3, -0.25) is 19.2 Å². The van der Waals surface area contributed by atoms with Gasteiger partial charge in [-0.25, -0.2) is 9.36 Å². The molecule has 3 aromatic rings. The molecule has 1 aromatic carbocycles. The Bertz CT molecular complexity index is 1440. The van der Waals surface area contributed by atoms with Crippen LogP contribution < -0.4 is 4.74 Å². The zero-order chi connectivity index (χ0) is 31.1. The Labute approximate surface area is 246 Å². The lowest BCUT2D eigenvalue weighted by Crippen LogP contribution is -2.60. The van der Waals surface area contributed by atoms with Crippen molar-refractivity contribution in [2.45, 2.75) is 71.2 Å². The highest BCUT2D eigenvalue weighted by atomic mass is 16.7. The molecular formula is C27H32N6O10. The summed E-state index contributed by atoms with van der Waals surface area (Å²) in [6, 6.07) is 7.36. The third-order valence-corrected chi connectivity index (χ3v) is 6.36. The number of aromatic nitrogens is 6. The first-order valence-corrected chi connectivity index (χ1v) is 13.3. The molecule has 5 atom stereocenters. The molecule has 43 heavy (non-hydrogen) atoms. The highest BCUT2D eigenvalue weighted by Crippen LogP contribution is 2.34. The van der Waals surface area contributed by atoms with Crippen LogP contribution in [0.4, 0.5) is 0 Å². The van der Waals surface area contributed by atoms with E-state index in [1.807, 2.05) is 24.3 Å². The van der Waals surface area contributed by atoms with Crippen LogP contribution in [0.2, 0.25) is 0 Å². The summed E-state index contributed by atoms with van der Waals surface area (Å²) in [7, 11) is 1.59. The van der Waals surface area contributed by atoms with E-state index in [0.29, 0.717) is 24.3 Å². The van der Waals surface area contributed by atoms with Crippen molar-refractivity contribution in [2.24, 2.45) is 0 Å². The molecule has 0 unspecified atom stereocenters. The van der Waals surface area contributed by atoms with Crippen LogP contribution in [0, 0.1) is 0 Å². The van der Waals surface area contributed by atoms with Crippen LogP contribution in [0.3, 0.4) is 0 Å². The minimum absolute atomic E-state index is 0.349. The van der Waals surface area contributed by atoms with Crippen LogP contribution in [0.5, 0.6) is 5.75 Å². The van der Waals surface area contributed by atoms with Gasteiger partial charge in [-0.2, -0.15) is 0 Å². The number of rotatable bonds is 11. The van der Waals surface area contributed by atoms with Crippen molar-refractivity contribution in [1.82, 2.24) is 30.0 Å². The average Bonchev–Trinajstić information content (AvgIpc) is 3.62. The highest BCUT2D eigenvalue weighted by Gasteiger charge is 2.53. The highest BCUT2D eigenvalue weighted by molar-refractivity contribution is 5.68. The first-order chi connectivity index (χ1) is 20.5. The predicted molar refractivity (Wildman–Crippen MR) is 143 cm³/mol. The summed E-state index contributed by atoms with van der Waals surface area (Å²) >= 11 is 0. The Morgan fingerprint density at radius 3 is 2.12 bits per heavy atom. The molecule has 1 saturated heterocycles. The lowest BCUT2D eigenvalue weighted by Gasteiger charge is -2.44. The lowest BCUT2D eigenvalue weighted by atomic mass is 9.97. The SMILES string of the molecule is COc1ccc(-n2nncc2CCc2cn([C@@H]3O[C@H](COC(C)=O)[C@@H](OC(C)=O)[C@H](OC(C)=O)[C@H]3OC(C)=O)nn2)cc1. The maximum absolute atomic E-state index is 12.1. The van der Waals surface area contributed by atoms with E-state index in [-0.39, 0.29) is 6.61 Å². The summed E-state index contributed by atoms with van der Waals surface area (Å²) in [5, 5.41) is 16.6. The Morgan fingerprint density at radius 2 is 1.49 bits per heavy atom. The van der Waals surface area contributed by atoms with E-state index in [1.165, 1.54) is 18.5 Å². The second-order valence-electron chi connectivity index (χ2n) is 9.61. The van der Waals surface area contributed by atoms with Crippen molar-refractivity contribution >= 4 is 23.9 Å². The molecule has 3 heterocycles. The van der Waals surface area contributed by atoms with Crippen molar-refractivity contribution in [3.05, 3.63) is 48.0 Å². The van der Waals surface area contributed by atoms with Gasteiger partial charge in [-0.05, 0) is 37.1 Å². The third kappa shape index (κ3) is 7.91. The van der Waals surface area contributed by atoms with E-state index < -0.39 is 54.5 Å². The number of carbonyl (C=O) groups excluding carboxylic acids is 4. The van der Waals surface area contributed by atoms with E-state index in [2.05, 4.69) is 20.6 Å². The van der Waals surface area contributed by atoms with E-state index in [1.54, 1.807) is 24.2 Å². The topological polar surface area (TPSA) is 185 Å². The smallest absolute Gasteiger partial charge is 0.303 e. The Balaban J connectivity index is 1.59. The van der Waals surface area contributed by atoms with Gasteiger partial charge >= 0.3 is 23.9 Å². The van der Waals surface area contributed by atoms with Gasteiger partial charge in [-0.1, -0.05) is 10.4 Å². The van der Waals surface area contributed by atoms with Gasteiger partial charge in [0, 0.05) is 27.7 Å². The number of hydrogen-bond donors (Lipinski definition) is 0. The molecule has 0 saturated carbocycles. The summed E-state index contributed by atoms with van der Waals surface area (Å²) in [5.74, 6) is -2.06. The van der Waals surface area contributed by atoms with Gasteiger partial charge in [0.05, 0.1) is 36.6 Å². The molecule has 0 radical (unpaired) electrons. The molecular weight excluding hydrogens is 568 g/mol. The van der Waals surface area contributed by atoms with Crippen molar-refractivity contribution in [2.75, 3.05) is 13.7 Å². The maximum atomic E-state index is 12.1. The van der Waals surface area contributed by atoms with Crippen LogP contribution >= 0.6 is 0 Å². The molecule has 16 heteroatoms. The van der Waals surface area contributed by atoms with Crippen LogP contribution in [0.25, 0.3) is 5.69 Å². The van der Waals surface area contributed by atoms with Gasteiger partial charge in [0.25, 0.3) is 0 Å². The van der Waals surface area contributed by atoms with E-state index >= 15 is 0 Å². The number of ether oxygens (including phenoxy) is 6. The largest absolute Gasteiger partial charge is 0.497 e. The van der Waals surface area contributed by atoms with Gasteiger partial charge < -0.3 is 28.4 Å². The Hall–Kier alpha value is -4.86. The second kappa shape index (κ2) is 13.9. The number of esters is 4. The number of carbonyl (C=O) groups is 4. The molecule has 4 rings (SSSR count). The zero-order valence-electron chi connectivity index (χ0n) is 24.2. The number of hydrogen-bond acceptors (Lipinski definition) is 14. The number of methoxy groups -OCH3 is 1. The van der Waals surface area contributed by atoms with E-state index in [9.17, 15) is 19.2 Å². The van der Waals surface area contributed by atoms with Crippen LogP contribution in [0.1, 0.15) is 45.3 Å². The molecule has 1 aliphatic rings. The van der Waals surface area contributed by atoms with E-state index in [4.69, 9.17) is 28.4 Å². The molecule has 230 valence electrons. The van der Waals surface area contributed by atoms with Crippen molar-refractivity contribution in [3.63, 3.8) is 0 Å². The van der Waals surface area contributed by atoms with Crippen molar-refractivity contribution in [1.29, 1.82) is 0 Å². The Morgan fingerprint density at radius 1 is 0.837 bits per heavy atom. The van der Waals surface area contributed by atoms with Gasteiger partial charge in [0.1, 0.15) is 18.5 Å². The molecule has 16 nitrogen and oxygen atoms in total. The fraction of sp³-hybridized carbons (Fsp3) is 0.481. The monoisotopic (exact) mass is 600 g/mol. The summed E-state index contributed by atoms with van der Waals surface area (Å²) in [6.07, 6.45) is -2.02. The van der Waals surface area contributed by atoms with Gasteiger partial charge in [0.2, 0.25) is 0 Å². The van der Waals surface area contributed by atoms with Crippen LogP contribution in [-0.2, 0) is 55.7 Å². The fourth-order valence-corrected chi connectivity index (χ4v) is 4.59. The summed E-state index contributed by atoms with van der Waals surface area (Å²) in [4.78, 5) is 47.7. The predicted octanol–water partition coefficient (Wildman–Crippen LogP) is 0.908. The standard InChI is InChI=1S/C27H32N6O10/c1-15(34)39-14-23-24(40-16(2)35)25(41-17(3)36)26(42-18(4)37)27(43-23)32-13-19(29-31-32)6-7-21-12-28-30-33(21)20-8-10-22(38-5)11-9-20/h8-13,23-27H,6-7,14H2,1-5H3/t23-,24-,25+,26-,27-/m1/s1. The first kappa shape index (κ1) is 31.1. The normalized spacial score (nSPS) is 21.5. The van der Waals surface area contributed by atoms with Gasteiger partial charge in [-0.15, -0.1) is 10.2 Å². The number of nitrogens with zero attached hydrogens (tertiary/aromatic N) is 6. The van der Waals surface area contributed by atoms with E-state index in [0.717, 1.165) is 25.2 Å². The summed E-state index contributed by atoms with van der Waals surface area (Å²) in [6.45, 7) is 4.32. The lowest BCUT2D eigenvalue weighted by molar-refractivity contribution is -0.270. The Kier molecular flexibility index (Phi) is 10.0. The minimum Gasteiger partial charge on any atom is -0.497 e. The quantitative estimate of drug-likeness (QED) is 0.223. The fourth-order valence-electron chi connectivity index (χ4n) is 4.59.